The molecule has 0 fully saturated rings. The van der Waals surface area contributed by atoms with Crippen LogP contribution in [0.4, 0.5) is 4.39 Å². The summed E-state index contributed by atoms with van der Waals surface area (Å²) >= 11 is 0. The number of nitrogens with zero attached hydrogens (tertiary/aromatic N) is 1. The Labute approximate surface area is 101 Å². The van der Waals surface area contributed by atoms with Crippen molar-refractivity contribution in [2.45, 2.75) is 0 Å². The Morgan fingerprint density at radius 3 is 2.56 bits per heavy atom. The van der Waals surface area contributed by atoms with Gasteiger partial charge in [0.2, 0.25) is 0 Å². The Bertz CT molecular complexity index is 736. The first-order chi connectivity index (χ1) is 8.66. The van der Waals surface area contributed by atoms with E-state index in [9.17, 15) is 14.6 Å². The van der Waals surface area contributed by atoms with Crippen molar-refractivity contribution in [1.82, 2.24) is 5.16 Å². The van der Waals surface area contributed by atoms with Gasteiger partial charge in [-0.2, -0.15) is 0 Å². The van der Waals surface area contributed by atoms with Gasteiger partial charge in [-0.05, 0) is 18.2 Å². The second kappa shape index (κ2) is 3.73. The van der Waals surface area contributed by atoms with Crippen molar-refractivity contribution in [3.05, 3.63) is 42.2 Å². The fourth-order valence-corrected chi connectivity index (χ4v) is 1.81. The normalized spacial score (nSPS) is 10.9. The fourth-order valence-electron chi connectivity index (χ4n) is 1.81. The molecule has 0 saturated heterocycles. The van der Waals surface area contributed by atoms with E-state index < -0.39 is 5.82 Å². The molecule has 0 spiro atoms. The number of rotatable bonds is 1. The molecule has 0 aliphatic rings. The Hall–Kier alpha value is -2.56. The molecule has 3 rings (SSSR count). The zero-order chi connectivity index (χ0) is 12.7. The van der Waals surface area contributed by atoms with Crippen molar-refractivity contribution in [3.63, 3.8) is 0 Å². The molecule has 0 unspecified atom stereocenters. The summed E-state index contributed by atoms with van der Waals surface area (Å²) < 4.78 is 18.7. The van der Waals surface area contributed by atoms with Crippen LogP contribution in [-0.2, 0) is 0 Å². The Morgan fingerprint density at radius 1 is 1.06 bits per heavy atom. The maximum atomic E-state index is 13.7. The predicted molar refractivity (Wildman–Crippen MR) is 62.7 cm³/mol. The number of aromatic nitrogens is 1. The van der Waals surface area contributed by atoms with Crippen molar-refractivity contribution in [2.75, 3.05) is 0 Å². The van der Waals surface area contributed by atoms with Gasteiger partial charge in [0.1, 0.15) is 11.5 Å². The molecular formula is C13H8FNO3. The minimum absolute atomic E-state index is 0.279. The van der Waals surface area contributed by atoms with Crippen molar-refractivity contribution < 1.29 is 19.1 Å². The molecular weight excluding hydrogens is 237 g/mol. The molecule has 0 aliphatic carbocycles. The Balaban J connectivity index is 2.31. The Kier molecular flexibility index (Phi) is 2.19. The number of halogens is 1. The van der Waals surface area contributed by atoms with Crippen molar-refractivity contribution in [2.24, 2.45) is 0 Å². The first-order valence-electron chi connectivity index (χ1n) is 5.23. The van der Waals surface area contributed by atoms with E-state index in [4.69, 9.17) is 4.52 Å². The quantitative estimate of drug-likeness (QED) is 0.646. The molecule has 5 heteroatoms. The molecule has 0 bridgehead atoms. The van der Waals surface area contributed by atoms with Crippen LogP contribution in [-0.4, -0.2) is 15.4 Å². The number of aromatic hydroxyl groups is 2. The molecule has 0 saturated carbocycles. The minimum Gasteiger partial charge on any atom is -0.504 e. The second-order valence-corrected chi connectivity index (χ2v) is 3.85. The molecule has 0 amide bonds. The van der Waals surface area contributed by atoms with Crippen LogP contribution in [0, 0.1) is 5.82 Å². The first kappa shape index (κ1) is 10.6. The molecule has 2 N–H and O–H groups in total. The zero-order valence-electron chi connectivity index (χ0n) is 9.09. The molecule has 0 atom stereocenters. The lowest BCUT2D eigenvalue weighted by Crippen LogP contribution is -1.83. The molecule has 0 aliphatic heterocycles. The molecule has 3 aromatic rings. The number of benzene rings is 2. The Morgan fingerprint density at radius 2 is 1.78 bits per heavy atom. The van der Waals surface area contributed by atoms with Gasteiger partial charge in [0.25, 0.3) is 0 Å². The number of fused-ring (bicyclic) bond motifs is 1. The third-order valence-corrected chi connectivity index (χ3v) is 2.70. The summed E-state index contributed by atoms with van der Waals surface area (Å²) in [6.45, 7) is 0. The third kappa shape index (κ3) is 1.48. The van der Waals surface area contributed by atoms with Crippen molar-refractivity contribution in [1.29, 1.82) is 0 Å². The van der Waals surface area contributed by atoms with Crippen molar-refractivity contribution in [3.8, 4) is 22.8 Å². The van der Waals surface area contributed by atoms with Crippen molar-refractivity contribution >= 4 is 11.0 Å². The van der Waals surface area contributed by atoms with Gasteiger partial charge < -0.3 is 14.7 Å². The van der Waals surface area contributed by atoms with Gasteiger partial charge in [0.05, 0.1) is 5.39 Å². The second-order valence-electron chi connectivity index (χ2n) is 3.85. The average Bonchev–Trinajstić information content (AvgIpc) is 2.73. The summed E-state index contributed by atoms with van der Waals surface area (Å²) in [6.07, 6.45) is 0. The molecule has 1 aromatic heterocycles. The van der Waals surface area contributed by atoms with Crippen LogP contribution in [0.2, 0.25) is 0 Å². The van der Waals surface area contributed by atoms with Crippen LogP contribution < -0.4 is 0 Å². The lowest BCUT2D eigenvalue weighted by Gasteiger charge is -1.99. The molecule has 18 heavy (non-hydrogen) atoms. The van der Waals surface area contributed by atoms with E-state index >= 15 is 0 Å². The summed E-state index contributed by atoms with van der Waals surface area (Å²) in [6, 6.07) is 8.67. The maximum absolute atomic E-state index is 13.7. The molecule has 4 nitrogen and oxygen atoms in total. The van der Waals surface area contributed by atoms with Gasteiger partial charge in [-0.3, -0.25) is 0 Å². The van der Waals surface area contributed by atoms with Gasteiger partial charge in [-0.1, -0.05) is 17.3 Å². The number of hydrogen-bond acceptors (Lipinski definition) is 4. The third-order valence-electron chi connectivity index (χ3n) is 2.70. The zero-order valence-corrected chi connectivity index (χ0v) is 9.09. The number of phenols is 2. The van der Waals surface area contributed by atoms with Crippen LogP contribution in [0.15, 0.2) is 40.9 Å². The van der Waals surface area contributed by atoms with Gasteiger partial charge in [0, 0.05) is 11.6 Å². The number of hydrogen-bond donors (Lipinski definition) is 2. The molecule has 2 aromatic carbocycles. The van der Waals surface area contributed by atoms with Gasteiger partial charge in [-0.15, -0.1) is 0 Å². The van der Waals surface area contributed by atoms with Gasteiger partial charge in [-0.25, -0.2) is 4.39 Å². The van der Waals surface area contributed by atoms with Crippen LogP contribution in [0.5, 0.6) is 11.5 Å². The largest absolute Gasteiger partial charge is 0.504 e. The summed E-state index contributed by atoms with van der Waals surface area (Å²) in [5.41, 5.74) is 0.850. The van der Waals surface area contributed by atoms with E-state index in [-0.39, 0.29) is 22.6 Å². The average molecular weight is 245 g/mol. The standard InChI is InChI=1S/C13H8FNO3/c14-9-4-2-1-3-7(9)13-8-5-10(16)11(17)6-12(8)18-15-13/h1-6,16-17H. The molecule has 90 valence electrons. The van der Waals surface area contributed by atoms with Crippen LogP contribution >= 0.6 is 0 Å². The maximum Gasteiger partial charge on any atom is 0.171 e. The highest BCUT2D eigenvalue weighted by atomic mass is 19.1. The lowest BCUT2D eigenvalue weighted by molar-refractivity contribution is 0.402. The highest BCUT2D eigenvalue weighted by Gasteiger charge is 2.15. The van der Waals surface area contributed by atoms with Crippen LogP contribution in [0.3, 0.4) is 0 Å². The van der Waals surface area contributed by atoms with Gasteiger partial charge in [0.15, 0.2) is 17.1 Å². The lowest BCUT2D eigenvalue weighted by atomic mass is 10.1. The summed E-state index contributed by atoms with van der Waals surface area (Å²) in [5, 5.41) is 23.0. The van der Waals surface area contributed by atoms with E-state index in [0.717, 1.165) is 0 Å². The van der Waals surface area contributed by atoms with E-state index in [1.165, 1.54) is 18.2 Å². The fraction of sp³-hybridized carbons (Fsp3) is 0. The highest BCUT2D eigenvalue weighted by molar-refractivity contribution is 5.93. The minimum atomic E-state index is -0.430. The number of phenolic OH excluding ortho intramolecular Hbond substituents is 2. The topological polar surface area (TPSA) is 66.5 Å². The van der Waals surface area contributed by atoms with E-state index in [2.05, 4.69) is 5.16 Å². The summed E-state index contributed by atoms with van der Waals surface area (Å²) in [4.78, 5) is 0. The van der Waals surface area contributed by atoms with Crippen LogP contribution in [0.25, 0.3) is 22.2 Å². The first-order valence-corrected chi connectivity index (χ1v) is 5.23. The molecule has 0 radical (unpaired) electrons. The molecule has 1 heterocycles. The predicted octanol–water partition coefficient (Wildman–Crippen LogP) is 3.05. The van der Waals surface area contributed by atoms with Gasteiger partial charge >= 0.3 is 0 Å². The summed E-state index contributed by atoms with van der Waals surface area (Å²) in [7, 11) is 0. The highest BCUT2D eigenvalue weighted by Crippen LogP contribution is 2.36. The van der Waals surface area contributed by atoms with E-state index in [1.54, 1.807) is 18.2 Å². The SMILES string of the molecule is Oc1cc2onc(-c3ccccc3F)c2cc1O. The monoisotopic (exact) mass is 245 g/mol. The summed E-state index contributed by atoms with van der Waals surface area (Å²) in [5.74, 6) is -1.04. The van der Waals surface area contributed by atoms with E-state index in [1.807, 2.05) is 0 Å². The van der Waals surface area contributed by atoms with E-state index in [0.29, 0.717) is 11.1 Å². The van der Waals surface area contributed by atoms with Crippen LogP contribution in [0.1, 0.15) is 0 Å². The smallest absolute Gasteiger partial charge is 0.171 e.